The zero-order valence-electron chi connectivity index (χ0n) is 17.8. The molecule has 0 radical (unpaired) electrons. The molecule has 8 heteroatoms. The van der Waals surface area contributed by atoms with Crippen LogP contribution in [0.15, 0.2) is 48.7 Å². The van der Waals surface area contributed by atoms with Gasteiger partial charge in [0.1, 0.15) is 12.3 Å². The summed E-state index contributed by atoms with van der Waals surface area (Å²) in [4.78, 5) is 30.5. The number of pyridine rings is 1. The topological polar surface area (TPSA) is 78.0 Å². The molecule has 1 aromatic heterocycles. The van der Waals surface area contributed by atoms with Crippen LogP contribution in [0.4, 0.5) is 4.79 Å². The van der Waals surface area contributed by atoms with Crippen LogP contribution in [0.5, 0.6) is 0 Å². The summed E-state index contributed by atoms with van der Waals surface area (Å²) in [6.07, 6.45) is 3.52. The number of rotatable bonds is 10. The molecule has 1 aliphatic heterocycles. The predicted molar refractivity (Wildman–Crippen MR) is 116 cm³/mol. The molecule has 2 aromatic rings. The number of carbonyl (C=O) groups is 2. The second-order valence-corrected chi connectivity index (χ2v) is 7.85. The molecule has 1 fully saturated rings. The van der Waals surface area contributed by atoms with Crippen molar-refractivity contribution < 1.29 is 23.8 Å². The Kier molecular flexibility index (Phi) is 8.01. The zero-order chi connectivity index (χ0) is 22.3. The van der Waals surface area contributed by atoms with Gasteiger partial charge in [-0.2, -0.15) is 0 Å². The van der Waals surface area contributed by atoms with E-state index in [9.17, 15) is 9.59 Å². The first kappa shape index (κ1) is 23.2. The number of unbranched alkanes of at least 4 members (excludes halogenated alkanes) is 1. The van der Waals surface area contributed by atoms with E-state index in [1.807, 2.05) is 30.3 Å². The molecule has 1 saturated heterocycles. The molecule has 1 aromatic carbocycles. The molecule has 0 bridgehead atoms. The first-order valence-corrected chi connectivity index (χ1v) is 10.6. The Morgan fingerprint density at radius 2 is 1.97 bits per heavy atom. The molecule has 2 heterocycles. The van der Waals surface area contributed by atoms with Gasteiger partial charge in [-0.05, 0) is 37.0 Å². The van der Waals surface area contributed by atoms with Gasteiger partial charge in [0, 0.05) is 38.3 Å². The van der Waals surface area contributed by atoms with E-state index < -0.39 is 11.9 Å². The maximum Gasteiger partial charge on any atom is 0.416 e. The van der Waals surface area contributed by atoms with Crippen molar-refractivity contribution in [3.05, 3.63) is 64.9 Å². The summed E-state index contributed by atoms with van der Waals surface area (Å²) in [5.41, 5.74) is 1.63. The van der Waals surface area contributed by atoms with Crippen LogP contribution in [-0.4, -0.2) is 48.8 Å². The van der Waals surface area contributed by atoms with E-state index in [-0.39, 0.29) is 25.0 Å². The van der Waals surface area contributed by atoms with E-state index >= 15 is 0 Å². The summed E-state index contributed by atoms with van der Waals surface area (Å²) in [6.45, 7) is 0.219. The van der Waals surface area contributed by atoms with E-state index in [0.717, 1.165) is 5.56 Å². The number of benzene rings is 1. The van der Waals surface area contributed by atoms with Crippen LogP contribution >= 0.6 is 11.6 Å². The summed E-state index contributed by atoms with van der Waals surface area (Å²) in [7, 11) is 3.09. The van der Waals surface area contributed by atoms with Gasteiger partial charge < -0.3 is 14.2 Å². The van der Waals surface area contributed by atoms with Gasteiger partial charge in [0.15, 0.2) is 0 Å². The molecule has 1 aliphatic rings. The maximum atomic E-state index is 12.8. The fraction of sp³-hybridized carbons (Fsp3) is 0.435. The van der Waals surface area contributed by atoms with Gasteiger partial charge in [-0.3, -0.25) is 9.78 Å². The summed E-state index contributed by atoms with van der Waals surface area (Å²) in [5, 5.41) is 0.538. The quantitative estimate of drug-likeness (QED) is 0.399. The van der Waals surface area contributed by atoms with Crippen LogP contribution in [0.25, 0.3) is 0 Å². The maximum absolute atomic E-state index is 12.8. The Morgan fingerprint density at radius 3 is 2.65 bits per heavy atom. The van der Waals surface area contributed by atoms with Crippen molar-refractivity contribution >= 4 is 23.6 Å². The van der Waals surface area contributed by atoms with E-state index in [2.05, 4.69) is 4.98 Å². The number of halogens is 1. The van der Waals surface area contributed by atoms with Crippen LogP contribution in [-0.2, 0) is 31.2 Å². The third kappa shape index (κ3) is 5.61. The summed E-state index contributed by atoms with van der Waals surface area (Å²) in [6, 6.07) is 12.9. The summed E-state index contributed by atoms with van der Waals surface area (Å²) < 4.78 is 16.4. The van der Waals surface area contributed by atoms with Crippen molar-refractivity contribution in [2.24, 2.45) is 0 Å². The Labute approximate surface area is 187 Å². The molecule has 0 N–H and O–H groups in total. The molecule has 1 atom stereocenters. The van der Waals surface area contributed by atoms with Crippen LogP contribution in [0.1, 0.15) is 36.9 Å². The molecule has 2 amide bonds. The molecule has 31 heavy (non-hydrogen) atoms. The highest BCUT2D eigenvalue weighted by Gasteiger charge is 2.38. The Bertz CT molecular complexity index is 889. The highest BCUT2D eigenvalue weighted by atomic mass is 35.5. The van der Waals surface area contributed by atoms with Crippen molar-refractivity contribution in [2.75, 3.05) is 20.8 Å². The molecule has 0 spiro atoms. The van der Waals surface area contributed by atoms with Gasteiger partial charge in [0.25, 0.3) is 0 Å². The number of hydrogen-bond donors (Lipinski definition) is 0. The smallest absolute Gasteiger partial charge is 0.416 e. The second kappa shape index (κ2) is 10.7. The van der Waals surface area contributed by atoms with Crippen LogP contribution in [0.2, 0.25) is 5.02 Å². The van der Waals surface area contributed by atoms with Crippen LogP contribution < -0.4 is 0 Å². The second-order valence-electron chi connectivity index (χ2n) is 7.41. The predicted octanol–water partition coefficient (Wildman–Crippen LogP) is 4.33. The number of amides is 2. The minimum Gasteiger partial charge on any atom is -0.447 e. The van der Waals surface area contributed by atoms with E-state index in [4.69, 9.17) is 25.8 Å². The fourth-order valence-corrected chi connectivity index (χ4v) is 3.95. The van der Waals surface area contributed by atoms with E-state index in [1.165, 1.54) is 4.90 Å². The summed E-state index contributed by atoms with van der Waals surface area (Å²) in [5.74, 6) is -1.28. The number of cyclic esters (lactones) is 1. The average Bonchev–Trinajstić information content (AvgIpc) is 3.14. The normalized spacial score (nSPS) is 16.4. The molecule has 166 valence electrons. The Morgan fingerprint density at radius 1 is 1.23 bits per heavy atom. The van der Waals surface area contributed by atoms with Gasteiger partial charge in [-0.15, -0.1) is 0 Å². The van der Waals surface area contributed by atoms with Gasteiger partial charge in [-0.25, -0.2) is 9.69 Å². The highest BCUT2D eigenvalue weighted by Crippen LogP contribution is 2.32. The number of carbonyl (C=O) groups excluding carboxylic acids is 2. The molecule has 0 saturated carbocycles. The number of ether oxygens (including phenoxy) is 3. The van der Waals surface area contributed by atoms with Crippen LogP contribution in [0, 0.1) is 0 Å². The molecular formula is C23H27ClN2O5. The molecule has 0 aliphatic carbocycles. The average molecular weight is 447 g/mol. The van der Waals surface area contributed by atoms with Crippen molar-refractivity contribution in [1.29, 1.82) is 0 Å². The number of hydrogen-bond acceptors (Lipinski definition) is 6. The van der Waals surface area contributed by atoms with Crippen molar-refractivity contribution in [1.82, 2.24) is 9.88 Å². The van der Waals surface area contributed by atoms with Crippen LogP contribution in [0.3, 0.4) is 0 Å². The van der Waals surface area contributed by atoms with Crippen molar-refractivity contribution in [3.63, 3.8) is 0 Å². The fourth-order valence-electron chi connectivity index (χ4n) is 3.79. The third-order valence-corrected chi connectivity index (χ3v) is 5.70. The van der Waals surface area contributed by atoms with Gasteiger partial charge in [0.2, 0.25) is 11.7 Å². The lowest BCUT2D eigenvalue weighted by Crippen LogP contribution is -2.40. The minimum absolute atomic E-state index is 0.219. The van der Waals surface area contributed by atoms with Gasteiger partial charge in [-0.1, -0.05) is 41.9 Å². The highest BCUT2D eigenvalue weighted by molar-refractivity contribution is 6.30. The zero-order valence-corrected chi connectivity index (χ0v) is 18.5. The minimum atomic E-state index is -1.05. The van der Waals surface area contributed by atoms with Crippen molar-refractivity contribution in [2.45, 2.75) is 43.9 Å². The molecule has 3 rings (SSSR count). The number of imide groups is 1. The molecule has 0 unspecified atom stereocenters. The summed E-state index contributed by atoms with van der Waals surface area (Å²) >= 11 is 6.08. The SMILES string of the molecule is COC(CCCCC(=O)N1C(=O)OC[C@H]1Cc1ccccc1)(OC)c1cc(Cl)ccn1. The molecular weight excluding hydrogens is 420 g/mol. The first-order chi connectivity index (χ1) is 15.0. The lowest BCUT2D eigenvalue weighted by atomic mass is 10.0. The third-order valence-electron chi connectivity index (χ3n) is 5.46. The number of aromatic nitrogens is 1. The Hall–Kier alpha value is -2.48. The first-order valence-electron chi connectivity index (χ1n) is 10.2. The number of nitrogens with zero attached hydrogens (tertiary/aromatic N) is 2. The Balaban J connectivity index is 1.56. The molecule has 7 nitrogen and oxygen atoms in total. The van der Waals surface area contributed by atoms with E-state index in [0.29, 0.717) is 36.4 Å². The number of methoxy groups -OCH3 is 2. The lowest BCUT2D eigenvalue weighted by molar-refractivity contribution is -0.223. The van der Waals surface area contributed by atoms with Crippen molar-refractivity contribution in [3.8, 4) is 0 Å². The monoisotopic (exact) mass is 446 g/mol. The van der Waals surface area contributed by atoms with Gasteiger partial charge in [0.05, 0.1) is 6.04 Å². The van der Waals surface area contributed by atoms with E-state index in [1.54, 1.807) is 32.5 Å². The van der Waals surface area contributed by atoms with Gasteiger partial charge >= 0.3 is 6.09 Å². The standard InChI is InChI=1S/C23H27ClN2O5/c1-29-23(30-2,20-15-18(24)11-13-25-20)12-7-6-10-21(27)26-19(16-31-22(26)28)14-17-8-4-3-5-9-17/h3-5,8-9,11,13,15,19H,6-7,10,12,14,16H2,1-2H3/t19-/m1/s1. The largest absolute Gasteiger partial charge is 0.447 e. The lowest BCUT2D eigenvalue weighted by Gasteiger charge is -2.30.